The Balaban J connectivity index is 1.56. The van der Waals surface area contributed by atoms with Crippen LogP contribution in [0.3, 0.4) is 0 Å². The van der Waals surface area contributed by atoms with Crippen molar-refractivity contribution in [2.45, 2.75) is 26.5 Å². The second kappa shape index (κ2) is 13.0. The van der Waals surface area contributed by atoms with Crippen molar-refractivity contribution in [2.24, 2.45) is 4.99 Å². The largest absolute Gasteiger partial charge is 0.493 e. The van der Waals surface area contributed by atoms with Gasteiger partial charge in [-0.05, 0) is 88.9 Å². The maximum absolute atomic E-state index is 13.9. The molecule has 0 saturated heterocycles. The SMILES string of the molecule is CCOC(=O)C1=C(C)N=c2s/c(=C\c3cc(Br)c(OCc4ccc(Cl)cc4)c(OC)c3)c(=O)n2[C@@H]1c1ccc(Br)cc1. The highest BCUT2D eigenvalue weighted by atomic mass is 79.9. The topological polar surface area (TPSA) is 79.1 Å². The number of allylic oxidation sites excluding steroid dienone is 1. The minimum Gasteiger partial charge on any atom is -0.493 e. The number of ether oxygens (including phenoxy) is 3. The number of esters is 1. The van der Waals surface area contributed by atoms with Crippen LogP contribution in [0.5, 0.6) is 11.5 Å². The van der Waals surface area contributed by atoms with Gasteiger partial charge < -0.3 is 14.2 Å². The molecule has 1 aliphatic heterocycles. The van der Waals surface area contributed by atoms with Gasteiger partial charge in [0.25, 0.3) is 5.56 Å². The number of thiazole rings is 1. The van der Waals surface area contributed by atoms with Crippen LogP contribution in [0.2, 0.25) is 5.02 Å². The summed E-state index contributed by atoms with van der Waals surface area (Å²) in [5, 5.41) is 0.655. The van der Waals surface area contributed by atoms with E-state index >= 15 is 0 Å². The number of hydrogen-bond donors (Lipinski definition) is 0. The standard InChI is InChI=1S/C31H25Br2ClN2O5S/c1-4-40-30(38)26-17(2)35-31-36(27(26)20-7-9-21(32)10-8-20)29(37)25(42-31)15-19-13-23(33)28(24(14-19)39-3)41-16-18-5-11-22(34)12-6-18/h5-15,27H,4,16H2,1-3H3/b25-15-/t27-/m1/s1. The van der Waals surface area contributed by atoms with E-state index in [1.54, 1.807) is 31.6 Å². The Bertz CT molecular complexity index is 1870. The first-order valence-electron chi connectivity index (χ1n) is 12.9. The van der Waals surface area contributed by atoms with E-state index in [0.717, 1.165) is 21.2 Å². The molecule has 11 heteroatoms. The predicted molar refractivity (Wildman–Crippen MR) is 171 cm³/mol. The van der Waals surface area contributed by atoms with Gasteiger partial charge in [-0.25, -0.2) is 9.79 Å². The van der Waals surface area contributed by atoms with E-state index in [9.17, 15) is 9.59 Å². The van der Waals surface area contributed by atoms with Crippen molar-refractivity contribution in [1.82, 2.24) is 4.57 Å². The van der Waals surface area contributed by atoms with Crippen LogP contribution in [0.1, 0.15) is 36.6 Å². The zero-order valence-corrected chi connectivity index (χ0v) is 27.6. The zero-order valence-electron chi connectivity index (χ0n) is 22.8. The first-order chi connectivity index (χ1) is 20.2. The summed E-state index contributed by atoms with van der Waals surface area (Å²) in [6.45, 7) is 4.05. The smallest absolute Gasteiger partial charge is 0.338 e. The van der Waals surface area contributed by atoms with Crippen molar-refractivity contribution < 1.29 is 19.0 Å². The summed E-state index contributed by atoms with van der Waals surface area (Å²) in [7, 11) is 1.56. The molecule has 0 unspecified atom stereocenters. The van der Waals surface area contributed by atoms with Gasteiger partial charge in [0.1, 0.15) is 6.61 Å². The third kappa shape index (κ3) is 6.27. The molecular formula is C31H25Br2ClN2O5S. The maximum Gasteiger partial charge on any atom is 0.338 e. The molecule has 5 rings (SSSR count). The molecule has 3 aromatic carbocycles. The molecule has 0 amide bonds. The van der Waals surface area contributed by atoms with E-state index in [1.165, 1.54) is 11.3 Å². The van der Waals surface area contributed by atoms with Crippen molar-refractivity contribution in [3.63, 3.8) is 0 Å². The minimum atomic E-state index is -0.680. The molecule has 7 nitrogen and oxygen atoms in total. The molecule has 0 spiro atoms. The average molecular weight is 733 g/mol. The zero-order chi connectivity index (χ0) is 30.0. The van der Waals surface area contributed by atoms with E-state index in [1.807, 2.05) is 60.7 Å². The summed E-state index contributed by atoms with van der Waals surface area (Å²) in [4.78, 5) is 32.1. The van der Waals surface area contributed by atoms with Crippen molar-refractivity contribution in [3.05, 3.63) is 122 Å². The van der Waals surface area contributed by atoms with E-state index in [2.05, 4.69) is 36.9 Å². The van der Waals surface area contributed by atoms with Crippen LogP contribution in [0, 0.1) is 0 Å². The van der Waals surface area contributed by atoms with Crippen molar-refractivity contribution in [3.8, 4) is 11.5 Å². The Morgan fingerprint density at radius 1 is 1.12 bits per heavy atom. The summed E-state index contributed by atoms with van der Waals surface area (Å²) >= 11 is 14.3. The third-order valence-corrected chi connectivity index (χ3v) is 8.90. The van der Waals surface area contributed by atoms with Crippen molar-refractivity contribution >= 4 is 66.8 Å². The number of benzene rings is 3. The number of rotatable bonds is 8. The molecule has 2 heterocycles. The van der Waals surface area contributed by atoms with Gasteiger partial charge in [0.15, 0.2) is 16.3 Å². The minimum absolute atomic E-state index is 0.212. The van der Waals surface area contributed by atoms with Crippen LogP contribution in [-0.4, -0.2) is 24.3 Å². The highest BCUT2D eigenvalue weighted by molar-refractivity contribution is 9.10. The summed E-state index contributed by atoms with van der Waals surface area (Å²) in [6.07, 6.45) is 1.78. The number of methoxy groups -OCH3 is 1. The molecule has 0 fully saturated rings. The summed E-state index contributed by atoms with van der Waals surface area (Å²) in [6, 6.07) is 17.9. The molecule has 0 bridgehead atoms. The molecule has 0 saturated carbocycles. The number of nitrogens with zero attached hydrogens (tertiary/aromatic N) is 2. The fourth-order valence-corrected chi connectivity index (χ4v) is 6.61. The van der Waals surface area contributed by atoms with Gasteiger partial charge in [-0.3, -0.25) is 9.36 Å². The van der Waals surface area contributed by atoms with Crippen LogP contribution in [0.4, 0.5) is 0 Å². The summed E-state index contributed by atoms with van der Waals surface area (Å²) in [5.41, 5.74) is 3.04. The second-order valence-electron chi connectivity index (χ2n) is 9.30. The Labute approximate surface area is 268 Å². The Hall–Kier alpha value is -3.18. The summed E-state index contributed by atoms with van der Waals surface area (Å²) < 4.78 is 20.6. The van der Waals surface area contributed by atoms with Gasteiger partial charge in [-0.15, -0.1) is 0 Å². The normalized spacial score (nSPS) is 14.8. The lowest BCUT2D eigenvalue weighted by molar-refractivity contribution is -0.139. The van der Waals surface area contributed by atoms with E-state index in [4.69, 9.17) is 25.8 Å². The number of carbonyl (C=O) groups is 1. The molecule has 0 radical (unpaired) electrons. The number of fused-ring (bicyclic) bond motifs is 1. The van der Waals surface area contributed by atoms with Crippen molar-refractivity contribution in [1.29, 1.82) is 0 Å². The quantitative estimate of drug-likeness (QED) is 0.192. The molecule has 0 N–H and O–H groups in total. The average Bonchev–Trinajstić information content (AvgIpc) is 3.26. The Morgan fingerprint density at radius 3 is 2.50 bits per heavy atom. The Kier molecular flexibility index (Phi) is 9.37. The maximum atomic E-state index is 13.9. The van der Waals surface area contributed by atoms with Crippen LogP contribution >= 0.6 is 54.8 Å². The summed E-state index contributed by atoms with van der Waals surface area (Å²) in [5.74, 6) is 0.547. The van der Waals surface area contributed by atoms with Gasteiger partial charge >= 0.3 is 5.97 Å². The van der Waals surface area contributed by atoms with E-state index in [0.29, 0.717) is 48.2 Å². The number of carbonyl (C=O) groups excluding carboxylic acids is 1. The van der Waals surface area contributed by atoms with Crippen LogP contribution in [0.15, 0.2) is 90.7 Å². The molecule has 4 aromatic rings. The molecule has 0 aliphatic carbocycles. The number of hydrogen-bond acceptors (Lipinski definition) is 7. The first-order valence-corrected chi connectivity index (χ1v) is 15.7. The number of halogens is 3. The lowest BCUT2D eigenvalue weighted by Crippen LogP contribution is -2.39. The molecule has 1 aromatic heterocycles. The lowest BCUT2D eigenvalue weighted by Gasteiger charge is -2.24. The van der Waals surface area contributed by atoms with Crippen LogP contribution < -0.4 is 24.4 Å². The fourth-order valence-electron chi connectivity index (χ4n) is 4.60. The fraction of sp³-hybridized carbons (Fsp3) is 0.194. The molecule has 42 heavy (non-hydrogen) atoms. The van der Waals surface area contributed by atoms with Gasteiger partial charge in [0, 0.05) is 9.50 Å². The van der Waals surface area contributed by atoms with Gasteiger partial charge in [0.2, 0.25) is 0 Å². The predicted octanol–water partition coefficient (Wildman–Crippen LogP) is 6.56. The highest BCUT2D eigenvalue weighted by Gasteiger charge is 2.33. The Morgan fingerprint density at radius 2 is 1.83 bits per heavy atom. The first kappa shape index (κ1) is 30.3. The second-order valence-corrected chi connectivity index (χ2v) is 12.5. The van der Waals surface area contributed by atoms with Crippen LogP contribution in [0.25, 0.3) is 6.08 Å². The van der Waals surface area contributed by atoms with Crippen molar-refractivity contribution in [2.75, 3.05) is 13.7 Å². The van der Waals surface area contributed by atoms with Gasteiger partial charge in [-0.1, -0.05) is 63.1 Å². The molecule has 1 atom stereocenters. The lowest BCUT2D eigenvalue weighted by atomic mass is 9.96. The molecule has 1 aliphatic rings. The monoisotopic (exact) mass is 730 g/mol. The molecule has 216 valence electrons. The van der Waals surface area contributed by atoms with Gasteiger partial charge in [-0.2, -0.15) is 0 Å². The molecular weight excluding hydrogens is 708 g/mol. The van der Waals surface area contributed by atoms with Gasteiger partial charge in [0.05, 0.1) is 40.0 Å². The highest BCUT2D eigenvalue weighted by Crippen LogP contribution is 2.37. The van der Waals surface area contributed by atoms with Crippen LogP contribution in [-0.2, 0) is 16.1 Å². The number of aromatic nitrogens is 1. The third-order valence-electron chi connectivity index (χ3n) is 6.55. The van der Waals surface area contributed by atoms with E-state index < -0.39 is 12.0 Å². The van der Waals surface area contributed by atoms with E-state index in [-0.39, 0.29) is 12.2 Å².